The first-order chi connectivity index (χ1) is 13.2. The molecular weight excluding hydrogens is 366 g/mol. The Hall–Kier alpha value is -2.66. The van der Waals surface area contributed by atoms with Crippen molar-refractivity contribution in [3.8, 4) is 23.3 Å². The summed E-state index contributed by atoms with van der Waals surface area (Å²) in [6, 6.07) is 7.42. The fourth-order valence-electron chi connectivity index (χ4n) is 2.89. The Kier molecular flexibility index (Phi) is 5.21. The van der Waals surface area contributed by atoms with Gasteiger partial charge in [0.2, 0.25) is 0 Å². The van der Waals surface area contributed by atoms with E-state index in [-0.39, 0.29) is 6.04 Å². The molecule has 138 valence electrons. The van der Waals surface area contributed by atoms with E-state index in [1.165, 1.54) is 0 Å². The standard InChI is InChI=1S/C19H18ClN5O2/c1-24-12-15(11-21-24)19-22-18(23-27-19)17-13-26-9-8-25(17)7-3-5-14-4-2-6-16(20)10-14/h2,4,6,10-12,17H,7-9,13H2,1H3. The van der Waals surface area contributed by atoms with Crippen LogP contribution in [0.15, 0.2) is 41.2 Å². The van der Waals surface area contributed by atoms with Crippen LogP contribution in [0.4, 0.5) is 0 Å². The van der Waals surface area contributed by atoms with Crippen LogP contribution in [0, 0.1) is 11.8 Å². The van der Waals surface area contributed by atoms with E-state index in [1.54, 1.807) is 10.9 Å². The lowest BCUT2D eigenvalue weighted by molar-refractivity contribution is -0.00554. The van der Waals surface area contributed by atoms with Gasteiger partial charge in [-0.05, 0) is 18.2 Å². The van der Waals surface area contributed by atoms with Gasteiger partial charge in [-0.3, -0.25) is 9.58 Å². The van der Waals surface area contributed by atoms with Gasteiger partial charge in [0, 0.05) is 30.4 Å². The van der Waals surface area contributed by atoms with Crippen molar-refractivity contribution < 1.29 is 9.26 Å². The molecule has 0 saturated carbocycles. The van der Waals surface area contributed by atoms with Gasteiger partial charge in [0.15, 0.2) is 5.82 Å². The summed E-state index contributed by atoms with van der Waals surface area (Å²) in [6.07, 6.45) is 3.53. The smallest absolute Gasteiger partial charge is 0.261 e. The van der Waals surface area contributed by atoms with Gasteiger partial charge >= 0.3 is 0 Å². The molecule has 1 aliphatic heterocycles. The molecule has 2 aromatic heterocycles. The minimum Gasteiger partial charge on any atom is -0.378 e. The Morgan fingerprint density at radius 2 is 2.30 bits per heavy atom. The maximum Gasteiger partial charge on any atom is 0.261 e. The minimum absolute atomic E-state index is 0.0958. The van der Waals surface area contributed by atoms with Crippen LogP contribution in [0.1, 0.15) is 17.4 Å². The van der Waals surface area contributed by atoms with Crippen LogP contribution in [-0.4, -0.2) is 51.1 Å². The maximum absolute atomic E-state index is 6.00. The van der Waals surface area contributed by atoms with Crippen molar-refractivity contribution in [2.45, 2.75) is 6.04 Å². The first-order valence-electron chi connectivity index (χ1n) is 8.58. The number of rotatable bonds is 3. The molecule has 1 saturated heterocycles. The van der Waals surface area contributed by atoms with Crippen molar-refractivity contribution in [3.63, 3.8) is 0 Å². The molecule has 3 aromatic rings. The second-order valence-corrected chi connectivity index (χ2v) is 6.67. The Morgan fingerprint density at radius 3 is 3.11 bits per heavy atom. The van der Waals surface area contributed by atoms with Crippen LogP contribution in [0.5, 0.6) is 0 Å². The van der Waals surface area contributed by atoms with Crippen LogP contribution >= 0.6 is 11.6 Å². The number of nitrogens with zero attached hydrogens (tertiary/aromatic N) is 5. The number of hydrogen-bond acceptors (Lipinski definition) is 6. The van der Waals surface area contributed by atoms with Crippen molar-refractivity contribution >= 4 is 11.6 Å². The molecule has 0 aliphatic carbocycles. The molecule has 1 unspecified atom stereocenters. The van der Waals surface area contributed by atoms with Crippen molar-refractivity contribution in [1.29, 1.82) is 0 Å². The summed E-state index contributed by atoms with van der Waals surface area (Å²) < 4.78 is 12.7. The third kappa shape index (κ3) is 4.19. The molecule has 0 bridgehead atoms. The zero-order valence-corrected chi connectivity index (χ0v) is 15.6. The van der Waals surface area contributed by atoms with E-state index in [0.717, 1.165) is 17.7 Å². The minimum atomic E-state index is -0.0958. The van der Waals surface area contributed by atoms with Crippen molar-refractivity contribution in [3.05, 3.63) is 53.1 Å². The molecule has 0 N–H and O–H groups in total. The molecule has 1 atom stereocenters. The third-order valence-electron chi connectivity index (χ3n) is 4.27. The SMILES string of the molecule is Cn1cc(-c2nc(C3COCCN3CC#Cc3cccc(Cl)c3)no2)cn1. The molecule has 8 heteroatoms. The monoisotopic (exact) mass is 383 g/mol. The number of aromatic nitrogens is 4. The van der Waals surface area contributed by atoms with E-state index in [2.05, 4.69) is 32.0 Å². The van der Waals surface area contributed by atoms with Gasteiger partial charge in [0.25, 0.3) is 5.89 Å². The zero-order valence-electron chi connectivity index (χ0n) is 14.8. The Bertz CT molecular complexity index is 987. The molecule has 0 amide bonds. The number of hydrogen-bond donors (Lipinski definition) is 0. The molecule has 27 heavy (non-hydrogen) atoms. The van der Waals surface area contributed by atoms with Crippen molar-refractivity contribution in [1.82, 2.24) is 24.8 Å². The van der Waals surface area contributed by atoms with E-state index >= 15 is 0 Å². The summed E-state index contributed by atoms with van der Waals surface area (Å²) >= 11 is 6.00. The third-order valence-corrected chi connectivity index (χ3v) is 4.51. The van der Waals surface area contributed by atoms with E-state index in [0.29, 0.717) is 36.5 Å². The van der Waals surface area contributed by atoms with Crippen LogP contribution in [-0.2, 0) is 11.8 Å². The quantitative estimate of drug-likeness (QED) is 0.647. The number of morpholine rings is 1. The van der Waals surface area contributed by atoms with Gasteiger partial charge in [-0.15, -0.1) is 0 Å². The highest BCUT2D eigenvalue weighted by atomic mass is 35.5. The molecule has 7 nitrogen and oxygen atoms in total. The molecule has 0 radical (unpaired) electrons. The van der Waals surface area contributed by atoms with Crippen LogP contribution in [0.25, 0.3) is 11.5 Å². The lowest BCUT2D eigenvalue weighted by Crippen LogP contribution is -2.40. The molecule has 4 rings (SSSR count). The summed E-state index contributed by atoms with van der Waals surface area (Å²) in [4.78, 5) is 6.72. The summed E-state index contributed by atoms with van der Waals surface area (Å²) in [5, 5.41) is 8.96. The summed E-state index contributed by atoms with van der Waals surface area (Å²) in [6.45, 7) is 2.50. The Balaban J connectivity index is 1.49. The number of ether oxygens (including phenoxy) is 1. The number of benzene rings is 1. The maximum atomic E-state index is 6.00. The highest BCUT2D eigenvalue weighted by molar-refractivity contribution is 6.30. The van der Waals surface area contributed by atoms with E-state index in [1.807, 2.05) is 37.5 Å². The topological polar surface area (TPSA) is 69.2 Å². The van der Waals surface area contributed by atoms with Crippen LogP contribution in [0.3, 0.4) is 0 Å². The molecule has 3 heterocycles. The summed E-state index contributed by atoms with van der Waals surface area (Å²) in [5.41, 5.74) is 1.69. The predicted molar refractivity (Wildman–Crippen MR) is 100.0 cm³/mol. The van der Waals surface area contributed by atoms with E-state index in [9.17, 15) is 0 Å². The highest BCUT2D eigenvalue weighted by Gasteiger charge is 2.28. The summed E-state index contributed by atoms with van der Waals surface area (Å²) in [5.74, 6) is 7.40. The normalized spacial score (nSPS) is 17.5. The Labute approximate surface area is 161 Å². The molecule has 1 aromatic carbocycles. The molecule has 1 fully saturated rings. The molecule has 0 spiro atoms. The zero-order chi connectivity index (χ0) is 18.6. The van der Waals surface area contributed by atoms with E-state index in [4.69, 9.17) is 20.9 Å². The van der Waals surface area contributed by atoms with E-state index < -0.39 is 0 Å². The van der Waals surface area contributed by atoms with Crippen molar-refractivity contribution in [2.24, 2.45) is 7.05 Å². The average molecular weight is 384 g/mol. The Morgan fingerprint density at radius 1 is 1.37 bits per heavy atom. The van der Waals surface area contributed by atoms with Gasteiger partial charge in [0.1, 0.15) is 0 Å². The van der Waals surface area contributed by atoms with Crippen molar-refractivity contribution in [2.75, 3.05) is 26.3 Å². The second-order valence-electron chi connectivity index (χ2n) is 6.23. The second kappa shape index (κ2) is 7.92. The highest BCUT2D eigenvalue weighted by Crippen LogP contribution is 2.24. The number of halogens is 1. The number of aryl methyl sites for hydroxylation is 1. The molecular formula is C19H18ClN5O2. The lowest BCUT2D eigenvalue weighted by Gasteiger charge is -2.31. The van der Waals surface area contributed by atoms with Gasteiger partial charge < -0.3 is 9.26 Å². The van der Waals surface area contributed by atoms with Crippen LogP contribution < -0.4 is 0 Å². The fourth-order valence-corrected chi connectivity index (χ4v) is 3.08. The van der Waals surface area contributed by atoms with Gasteiger partial charge in [-0.2, -0.15) is 10.1 Å². The van der Waals surface area contributed by atoms with Gasteiger partial charge in [0.05, 0.1) is 37.6 Å². The lowest BCUT2D eigenvalue weighted by atomic mass is 10.2. The predicted octanol–water partition coefficient (Wildman–Crippen LogP) is 2.55. The average Bonchev–Trinajstić information content (AvgIpc) is 3.31. The molecule has 1 aliphatic rings. The first-order valence-corrected chi connectivity index (χ1v) is 8.96. The van der Waals surface area contributed by atoms with Gasteiger partial charge in [-0.1, -0.05) is 34.7 Å². The van der Waals surface area contributed by atoms with Crippen LogP contribution in [0.2, 0.25) is 5.02 Å². The first kappa shape index (κ1) is 17.7. The summed E-state index contributed by atoms with van der Waals surface area (Å²) in [7, 11) is 1.84. The fraction of sp³-hybridized carbons (Fsp3) is 0.316. The van der Waals surface area contributed by atoms with Gasteiger partial charge in [-0.25, -0.2) is 0 Å². The largest absolute Gasteiger partial charge is 0.378 e.